The Morgan fingerprint density at radius 2 is 1.72 bits per heavy atom. The van der Waals surface area contributed by atoms with Crippen molar-refractivity contribution in [1.82, 2.24) is 4.90 Å². The Labute approximate surface area is 147 Å². The van der Waals surface area contributed by atoms with Crippen LogP contribution in [-0.4, -0.2) is 59.1 Å². The second-order valence-electron chi connectivity index (χ2n) is 5.67. The number of rotatable bonds is 5. The fourth-order valence-electron chi connectivity index (χ4n) is 2.58. The highest BCUT2D eigenvalue weighted by molar-refractivity contribution is 5.93. The lowest BCUT2D eigenvalue weighted by Gasteiger charge is -2.28. The third kappa shape index (κ3) is 7.17. The Morgan fingerprint density at radius 3 is 2.12 bits per heavy atom. The van der Waals surface area contributed by atoms with Gasteiger partial charge in [-0.25, -0.2) is 9.59 Å². The van der Waals surface area contributed by atoms with E-state index < -0.39 is 11.9 Å². The van der Waals surface area contributed by atoms with Crippen molar-refractivity contribution in [3.8, 4) is 0 Å². The molecule has 1 fully saturated rings. The van der Waals surface area contributed by atoms with Gasteiger partial charge in [0.25, 0.3) is 0 Å². The quantitative estimate of drug-likeness (QED) is 0.788. The van der Waals surface area contributed by atoms with Gasteiger partial charge in [-0.15, -0.1) is 0 Å². The van der Waals surface area contributed by atoms with E-state index in [1.165, 1.54) is 0 Å². The number of aliphatic carboxylic acids is 2. The molecule has 1 saturated heterocycles. The van der Waals surface area contributed by atoms with Gasteiger partial charge in [0.15, 0.2) is 0 Å². The first kappa shape index (κ1) is 20.4. The van der Waals surface area contributed by atoms with Crippen LogP contribution in [0.15, 0.2) is 42.5 Å². The van der Waals surface area contributed by atoms with E-state index in [0.29, 0.717) is 24.6 Å². The van der Waals surface area contributed by atoms with Crippen LogP contribution in [0.25, 0.3) is 0 Å². The number of amides is 1. The van der Waals surface area contributed by atoms with Gasteiger partial charge in [0.05, 0.1) is 6.04 Å². The summed E-state index contributed by atoms with van der Waals surface area (Å²) in [5, 5.41) is 15.6. The minimum absolute atomic E-state index is 0.219. The van der Waals surface area contributed by atoms with Gasteiger partial charge in [0, 0.05) is 30.8 Å². The second-order valence-corrected chi connectivity index (χ2v) is 5.67. The molecule has 0 radical (unpaired) electrons. The Balaban J connectivity index is 0.000000333. The standard InChI is InChI=1S/C14H20N2O.C4H4O4/c1-3-14(17)16(12-7-5-4-6-8-12)13-9-10-15(2)11-13;5-3(6)1-2-4(7)8/h4-8,13H,3,9-11H2,1-2H3;1-2H,(H,5,6)(H,7,8)/b;2-1+. The van der Waals surface area contributed by atoms with E-state index in [-0.39, 0.29) is 5.91 Å². The summed E-state index contributed by atoms with van der Waals surface area (Å²) in [5.41, 5.74) is 1.03. The number of hydrogen-bond donors (Lipinski definition) is 2. The third-order valence-corrected chi connectivity index (χ3v) is 3.71. The molecule has 1 aliphatic heterocycles. The molecule has 0 aliphatic carbocycles. The van der Waals surface area contributed by atoms with Gasteiger partial charge in [-0.2, -0.15) is 0 Å². The summed E-state index contributed by atoms with van der Waals surface area (Å²) in [6.45, 7) is 3.97. The molecule has 0 aromatic heterocycles. The summed E-state index contributed by atoms with van der Waals surface area (Å²) in [5.74, 6) is -2.30. The lowest BCUT2D eigenvalue weighted by Crippen LogP contribution is -2.41. The van der Waals surface area contributed by atoms with Crippen LogP contribution in [0.4, 0.5) is 5.69 Å². The lowest BCUT2D eigenvalue weighted by atomic mass is 10.1. The van der Waals surface area contributed by atoms with Crippen LogP contribution in [0.3, 0.4) is 0 Å². The minimum atomic E-state index is -1.26. The molecule has 1 aromatic rings. The fourth-order valence-corrected chi connectivity index (χ4v) is 2.58. The SMILES string of the molecule is CCC(=O)N(c1ccccc1)C1CCN(C)C1.O=C(O)/C=C/C(=O)O. The molecule has 7 nitrogen and oxygen atoms in total. The monoisotopic (exact) mass is 348 g/mol. The number of carbonyl (C=O) groups is 3. The number of carboxylic acids is 2. The van der Waals surface area contributed by atoms with Crippen molar-refractivity contribution in [1.29, 1.82) is 0 Å². The van der Waals surface area contributed by atoms with Crippen LogP contribution >= 0.6 is 0 Å². The van der Waals surface area contributed by atoms with E-state index in [0.717, 1.165) is 25.2 Å². The van der Waals surface area contributed by atoms with Gasteiger partial charge >= 0.3 is 11.9 Å². The van der Waals surface area contributed by atoms with Crippen LogP contribution < -0.4 is 4.90 Å². The molecular weight excluding hydrogens is 324 g/mol. The second kappa shape index (κ2) is 10.2. The molecule has 7 heteroatoms. The van der Waals surface area contributed by atoms with Crippen LogP contribution in [0.1, 0.15) is 19.8 Å². The number of nitrogens with zero attached hydrogens (tertiary/aromatic N) is 2. The number of anilines is 1. The fraction of sp³-hybridized carbons (Fsp3) is 0.389. The highest BCUT2D eigenvalue weighted by Crippen LogP contribution is 2.23. The number of benzene rings is 1. The Kier molecular flexibility index (Phi) is 8.35. The first-order chi connectivity index (χ1) is 11.8. The van der Waals surface area contributed by atoms with Gasteiger partial charge < -0.3 is 20.0 Å². The number of carbonyl (C=O) groups excluding carboxylic acids is 1. The lowest BCUT2D eigenvalue weighted by molar-refractivity contribution is -0.134. The Bertz CT molecular complexity index is 599. The zero-order chi connectivity index (χ0) is 18.8. The van der Waals surface area contributed by atoms with Crippen molar-refractivity contribution in [3.63, 3.8) is 0 Å². The van der Waals surface area contributed by atoms with Gasteiger partial charge in [-0.1, -0.05) is 25.1 Å². The summed E-state index contributed by atoms with van der Waals surface area (Å²) in [4.78, 5) is 35.5. The Hall–Kier alpha value is -2.67. The molecule has 1 amide bonds. The zero-order valence-electron chi connectivity index (χ0n) is 14.5. The number of carboxylic acid groups (broad SMARTS) is 2. The maximum absolute atomic E-state index is 12.1. The van der Waals surface area contributed by atoms with Crippen molar-refractivity contribution in [2.24, 2.45) is 0 Å². The van der Waals surface area contributed by atoms with Crippen molar-refractivity contribution in [3.05, 3.63) is 42.5 Å². The van der Waals surface area contributed by atoms with E-state index in [2.05, 4.69) is 11.9 Å². The van der Waals surface area contributed by atoms with Crippen LogP contribution in [0, 0.1) is 0 Å². The van der Waals surface area contributed by atoms with E-state index in [9.17, 15) is 14.4 Å². The number of para-hydroxylation sites is 1. The molecule has 2 N–H and O–H groups in total. The van der Waals surface area contributed by atoms with Gasteiger partial charge in [0.1, 0.15) is 0 Å². The zero-order valence-corrected chi connectivity index (χ0v) is 14.5. The predicted octanol–water partition coefficient (Wildman–Crippen LogP) is 1.85. The van der Waals surface area contributed by atoms with Crippen molar-refractivity contribution in [2.45, 2.75) is 25.8 Å². The van der Waals surface area contributed by atoms with Gasteiger partial charge in [-0.3, -0.25) is 4.79 Å². The first-order valence-corrected chi connectivity index (χ1v) is 8.04. The molecule has 25 heavy (non-hydrogen) atoms. The maximum atomic E-state index is 12.1. The largest absolute Gasteiger partial charge is 0.478 e. The average molecular weight is 348 g/mol. The summed E-state index contributed by atoms with van der Waals surface area (Å²) in [7, 11) is 2.11. The van der Waals surface area contributed by atoms with E-state index in [1.54, 1.807) is 0 Å². The van der Waals surface area contributed by atoms with Gasteiger partial charge in [-0.05, 0) is 32.1 Å². The smallest absolute Gasteiger partial charge is 0.328 e. The molecule has 0 bridgehead atoms. The minimum Gasteiger partial charge on any atom is -0.478 e. The normalized spacial score (nSPS) is 17.0. The maximum Gasteiger partial charge on any atom is 0.328 e. The van der Waals surface area contributed by atoms with E-state index >= 15 is 0 Å². The predicted molar refractivity (Wildman–Crippen MR) is 94.5 cm³/mol. The molecule has 1 atom stereocenters. The van der Waals surface area contributed by atoms with Crippen molar-refractivity contribution >= 4 is 23.5 Å². The summed E-state index contributed by atoms with van der Waals surface area (Å²) < 4.78 is 0. The van der Waals surface area contributed by atoms with Crippen molar-refractivity contribution in [2.75, 3.05) is 25.0 Å². The van der Waals surface area contributed by atoms with E-state index in [4.69, 9.17) is 10.2 Å². The molecule has 0 saturated carbocycles. The summed E-state index contributed by atoms with van der Waals surface area (Å²) in [6.07, 6.45) is 2.75. The topological polar surface area (TPSA) is 98.2 Å². The number of likely N-dealkylation sites (tertiary alicyclic amines) is 1. The Morgan fingerprint density at radius 1 is 1.16 bits per heavy atom. The van der Waals surface area contributed by atoms with Crippen LogP contribution in [-0.2, 0) is 14.4 Å². The molecule has 1 aromatic carbocycles. The van der Waals surface area contributed by atoms with Crippen LogP contribution in [0.5, 0.6) is 0 Å². The molecule has 1 aliphatic rings. The molecule has 2 rings (SSSR count). The first-order valence-electron chi connectivity index (χ1n) is 8.04. The number of hydrogen-bond acceptors (Lipinski definition) is 4. The number of likely N-dealkylation sites (N-methyl/N-ethyl adjacent to an activating group) is 1. The molecule has 1 heterocycles. The molecule has 0 spiro atoms. The highest BCUT2D eigenvalue weighted by Gasteiger charge is 2.29. The molecule has 1 unspecified atom stereocenters. The van der Waals surface area contributed by atoms with E-state index in [1.807, 2.05) is 42.2 Å². The summed E-state index contributed by atoms with van der Waals surface area (Å²) >= 11 is 0. The average Bonchev–Trinajstić information content (AvgIpc) is 3.00. The van der Waals surface area contributed by atoms with Crippen molar-refractivity contribution < 1.29 is 24.6 Å². The summed E-state index contributed by atoms with van der Waals surface area (Å²) in [6, 6.07) is 10.3. The third-order valence-electron chi connectivity index (χ3n) is 3.71. The highest BCUT2D eigenvalue weighted by atomic mass is 16.4. The molecule has 136 valence electrons. The van der Waals surface area contributed by atoms with Gasteiger partial charge in [0.2, 0.25) is 5.91 Å². The molecular formula is C18H24N2O5. The van der Waals surface area contributed by atoms with Crippen LogP contribution in [0.2, 0.25) is 0 Å².